The Bertz CT molecular complexity index is 1190. The Morgan fingerprint density at radius 3 is 2.64 bits per heavy atom. The number of benzene rings is 2. The minimum Gasteiger partial charge on any atom is -0.490 e. The number of hydrogen-bond acceptors (Lipinski definition) is 6. The highest BCUT2D eigenvalue weighted by Crippen LogP contribution is 2.31. The minimum atomic E-state index is -0.761. The summed E-state index contributed by atoms with van der Waals surface area (Å²) in [7, 11) is 0. The van der Waals surface area contributed by atoms with E-state index in [1.165, 1.54) is 28.6 Å². The molecule has 3 atom stereocenters. The number of carbonyl (C=O) groups excluding carboxylic acids is 1. The average Bonchev–Trinajstić information content (AvgIpc) is 3.30. The number of likely N-dealkylation sites (tertiary alicyclic amines) is 1. The summed E-state index contributed by atoms with van der Waals surface area (Å²) < 4.78 is 7.14. The lowest BCUT2D eigenvalue weighted by molar-refractivity contribution is -0.126. The first-order chi connectivity index (χ1) is 17.6. The van der Waals surface area contributed by atoms with Crippen LogP contribution in [0.3, 0.4) is 0 Å². The summed E-state index contributed by atoms with van der Waals surface area (Å²) in [5.74, 6) is 0.818. The number of aliphatic hydroxyl groups excluding tert-OH is 1. The zero-order valence-electron chi connectivity index (χ0n) is 20.6. The monoisotopic (exact) mass is 505 g/mol. The van der Waals surface area contributed by atoms with Gasteiger partial charge in [-0.1, -0.05) is 18.2 Å². The van der Waals surface area contributed by atoms with Crippen molar-refractivity contribution in [1.29, 1.82) is 0 Å². The molecule has 1 saturated carbocycles. The van der Waals surface area contributed by atoms with E-state index in [1.807, 2.05) is 24.3 Å². The fourth-order valence-electron chi connectivity index (χ4n) is 5.47. The van der Waals surface area contributed by atoms with Crippen LogP contribution in [0, 0.1) is 5.92 Å². The van der Waals surface area contributed by atoms with Gasteiger partial charge < -0.3 is 25.0 Å². The Balaban J connectivity index is 1.12. The number of aliphatic hydroxyl groups is 1. The standard InChI is InChI=1S/C29H35N3O3S/c33-28(21-4-7-24(8-5-21)35-25-9-10-25)26(19-31-13-1-2-14-31)30-29(34)22-11-15-32(18-22)23-6-3-20-12-16-36-27(20)17-23/h3-8,12,16-17,22,25-26,28,33H,1-2,9-11,13-15,18-19H2,(H,30,34)/t22-,26?,28?/m1/s1. The molecular weight excluding hydrogens is 470 g/mol. The van der Waals surface area contributed by atoms with Crippen molar-refractivity contribution in [2.75, 3.05) is 37.6 Å². The largest absolute Gasteiger partial charge is 0.490 e. The van der Waals surface area contributed by atoms with Crippen LogP contribution in [-0.4, -0.2) is 60.8 Å². The summed E-state index contributed by atoms with van der Waals surface area (Å²) in [6.07, 6.45) is 5.01. The highest BCUT2D eigenvalue weighted by molar-refractivity contribution is 7.17. The second-order valence-electron chi connectivity index (χ2n) is 10.5. The van der Waals surface area contributed by atoms with Crippen molar-refractivity contribution in [3.8, 4) is 5.75 Å². The van der Waals surface area contributed by atoms with Gasteiger partial charge in [0.1, 0.15) is 11.9 Å². The van der Waals surface area contributed by atoms with Crippen LogP contribution in [-0.2, 0) is 4.79 Å². The van der Waals surface area contributed by atoms with Crippen LogP contribution in [0.4, 0.5) is 5.69 Å². The first-order valence-corrected chi connectivity index (χ1v) is 14.2. The minimum absolute atomic E-state index is 0.0478. The van der Waals surface area contributed by atoms with Gasteiger partial charge in [-0.3, -0.25) is 4.79 Å². The number of carbonyl (C=O) groups is 1. The van der Waals surface area contributed by atoms with Gasteiger partial charge in [0.25, 0.3) is 0 Å². The highest BCUT2D eigenvalue weighted by Gasteiger charge is 2.33. The number of ether oxygens (including phenoxy) is 1. The zero-order valence-corrected chi connectivity index (χ0v) is 21.5. The summed E-state index contributed by atoms with van der Waals surface area (Å²) in [6, 6.07) is 16.1. The van der Waals surface area contributed by atoms with Crippen molar-refractivity contribution in [1.82, 2.24) is 10.2 Å². The van der Waals surface area contributed by atoms with Crippen LogP contribution < -0.4 is 15.0 Å². The Morgan fingerprint density at radius 2 is 1.86 bits per heavy atom. The van der Waals surface area contributed by atoms with Gasteiger partial charge in [-0.15, -0.1) is 11.3 Å². The molecule has 6 nitrogen and oxygen atoms in total. The summed E-state index contributed by atoms with van der Waals surface area (Å²) in [6.45, 7) is 4.29. The average molecular weight is 506 g/mol. The molecule has 3 fully saturated rings. The van der Waals surface area contributed by atoms with E-state index in [2.05, 4.69) is 44.8 Å². The van der Waals surface area contributed by atoms with E-state index in [0.29, 0.717) is 19.2 Å². The molecule has 2 saturated heterocycles. The predicted molar refractivity (Wildman–Crippen MR) is 145 cm³/mol. The summed E-state index contributed by atoms with van der Waals surface area (Å²) in [5, 5.41) is 18.0. The van der Waals surface area contributed by atoms with E-state index in [0.717, 1.165) is 50.2 Å². The molecule has 2 aromatic carbocycles. The van der Waals surface area contributed by atoms with Gasteiger partial charge in [0.05, 0.1) is 18.1 Å². The van der Waals surface area contributed by atoms with Crippen LogP contribution >= 0.6 is 11.3 Å². The number of nitrogens with zero attached hydrogens (tertiary/aromatic N) is 2. The number of thiophene rings is 1. The first kappa shape index (κ1) is 23.8. The summed E-state index contributed by atoms with van der Waals surface area (Å²) in [4.78, 5) is 18.1. The second-order valence-corrected chi connectivity index (χ2v) is 11.5. The lowest BCUT2D eigenvalue weighted by atomic mass is 10.00. The molecule has 0 bridgehead atoms. The molecule has 190 valence electrons. The van der Waals surface area contributed by atoms with Gasteiger partial charge in [-0.25, -0.2) is 0 Å². The quantitative estimate of drug-likeness (QED) is 0.446. The third kappa shape index (κ3) is 5.38. The normalized spacial score (nSPS) is 22.1. The lowest BCUT2D eigenvalue weighted by Crippen LogP contribution is -2.48. The molecule has 0 radical (unpaired) electrons. The summed E-state index contributed by atoms with van der Waals surface area (Å²) >= 11 is 1.75. The van der Waals surface area contributed by atoms with Gasteiger partial charge in [-0.2, -0.15) is 0 Å². The van der Waals surface area contributed by atoms with Crippen LogP contribution in [0.1, 0.15) is 43.8 Å². The van der Waals surface area contributed by atoms with Crippen LogP contribution in [0.15, 0.2) is 53.9 Å². The smallest absolute Gasteiger partial charge is 0.225 e. The van der Waals surface area contributed by atoms with Crippen molar-refractivity contribution in [2.24, 2.45) is 5.92 Å². The Kier molecular flexibility index (Phi) is 6.87. The second kappa shape index (κ2) is 10.4. The number of amides is 1. The van der Waals surface area contributed by atoms with E-state index < -0.39 is 6.10 Å². The van der Waals surface area contributed by atoms with Crippen LogP contribution in [0.25, 0.3) is 10.1 Å². The van der Waals surface area contributed by atoms with Crippen LogP contribution in [0.2, 0.25) is 0 Å². The SMILES string of the molecule is O=C(NC(CN1CCCC1)C(O)c1ccc(OC2CC2)cc1)[C@@H]1CCN(c2ccc3ccsc3c2)C1. The Morgan fingerprint density at radius 1 is 1.06 bits per heavy atom. The molecule has 6 rings (SSSR count). The Labute approximate surface area is 216 Å². The lowest BCUT2D eigenvalue weighted by Gasteiger charge is -2.30. The van der Waals surface area contributed by atoms with Gasteiger partial charge in [0, 0.05) is 30.0 Å². The topological polar surface area (TPSA) is 65.0 Å². The maximum atomic E-state index is 13.4. The predicted octanol–water partition coefficient (Wildman–Crippen LogP) is 4.58. The summed E-state index contributed by atoms with van der Waals surface area (Å²) in [5.41, 5.74) is 2.00. The molecule has 1 aromatic heterocycles. The molecule has 1 amide bonds. The molecule has 0 spiro atoms. The van der Waals surface area contributed by atoms with Gasteiger partial charge in [0.15, 0.2) is 0 Å². The fourth-order valence-corrected chi connectivity index (χ4v) is 6.29. The molecule has 3 heterocycles. The van der Waals surface area contributed by atoms with Gasteiger partial charge in [0.2, 0.25) is 5.91 Å². The van der Waals surface area contributed by atoms with Gasteiger partial charge >= 0.3 is 0 Å². The Hall–Kier alpha value is -2.61. The maximum absolute atomic E-state index is 13.4. The molecule has 36 heavy (non-hydrogen) atoms. The van der Waals surface area contributed by atoms with Crippen molar-refractivity contribution in [3.63, 3.8) is 0 Å². The molecule has 3 aromatic rings. The molecule has 7 heteroatoms. The first-order valence-electron chi connectivity index (χ1n) is 13.3. The van der Waals surface area contributed by atoms with Crippen molar-refractivity contribution >= 4 is 33.0 Å². The molecule has 2 unspecified atom stereocenters. The van der Waals surface area contributed by atoms with E-state index in [1.54, 1.807) is 11.3 Å². The van der Waals surface area contributed by atoms with Gasteiger partial charge in [-0.05, 0) is 91.9 Å². The fraction of sp³-hybridized carbons (Fsp3) is 0.483. The van der Waals surface area contributed by atoms with E-state index in [-0.39, 0.29) is 17.9 Å². The zero-order chi connectivity index (χ0) is 24.5. The highest BCUT2D eigenvalue weighted by atomic mass is 32.1. The molecule has 1 aliphatic carbocycles. The number of rotatable bonds is 9. The molecule has 3 aliphatic rings. The van der Waals surface area contributed by atoms with E-state index >= 15 is 0 Å². The van der Waals surface area contributed by atoms with E-state index in [9.17, 15) is 9.90 Å². The number of fused-ring (bicyclic) bond motifs is 1. The number of nitrogens with one attached hydrogen (secondary N) is 1. The molecule has 2 aliphatic heterocycles. The van der Waals surface area contributed by atoms with Crippen molar-refractivity contribution < 1.29 is 14.6 Å². The van der Waals surface area contributed by atoms with E-state index in [4.69, 9.17) is 4.74 Å². The van der Waals surface area contributed by atoms with Crippen LogP contribution in [0.5, 0.6) is 5.75 Å². The third-order valence-corrected chi connectivity index (χ3v) is 8.65. The van der Waals surface area contributed by atoms with Crippen molar-refractivity contribution in [3.05, 3.63) is 59.5 Å². The van der Waals surface area contributed by atoms with Crippen molar-refractivity contribution in [2.45, 2.75) is 50.4 Å². The molecule has 2 N–H and O–H groups in total. The maximum Gasteiger partial charge on any atom is 0.225 e. The number of hydrogen-bond donors (Lipinski definition) is 2. The molecular formula is C29H35N3O3S. The number of anilines is 1. The third-order valence-electron chi connectivity index (χ3n) is 7.78.